The third-order valence-electron chi connectivity index (χ3n) is 8.71. The van der Waals surface area contributed by atoms with Crippen molar-refractivity contribution in [2.75, 3.05) is 37.6 Å². The third-order valence-corrected chi connectivity index (χ3v) is 8.71. The molecule has 2 aromatic rings. The molecule has 21 nitrogen and oxygen atoms in total. The summed E-state index contributed by atoms with van der Waals surface area (Å²) in [6.07, 6.45) is -5.07. The van der Waals surface area contributed by atoms with Crippen LogP contribution >= 0.6 is 0 Å². The number of anilines is 1. The van der Waals surface area contributed by atoms with Crippen LogP contribution in [0.5, 0.6) is 0 Å². The number of aromatic carboxylic acids is 1. The molecule has 1 aliphatic heterocycles. The molecule has 1 amide bonds. The summed E-state index contributed by atoms with van der Waals surface area (Å²) in [6, 6.07) is 0.609. The van der Waals surface area contributed by atoms with E-state index in [1.54, 1.807) is 6.92 Å². The fraction of sp³-hybridized carbons (Fsp3) is 0.485. The summed E-state index contributed by atoms with van der Waals surface area (Å²) in [4.78, 5) is 92.5. The molecule has 1 aromatic carbocycles. The molecule has 0 aliphatic carbocycles. The normalized spacial score (nSPS) is 15.2. The number of piperazine rings is 1. The van der Waals surface area contributed by atoms with E-state index in [-0.39, 0.29) is 210 Å². The number of aliphatic carboxylic acids is 4. The fourth-order valence-electron chi connectivity index (χ4n) is 5.84. The van der Waals surface area contributed by atoms with Gasteiger partial charge >= 0.3 is 160 Å². The van der Waals surface area contributed by atoms with E-state index in [0.717, 1.165) is 12.3 Å². The molecule has 1 saturated heterocycles. The first-order valence-electron chi connectivity index (χ1n) is 16.5. The largest absolute Gasteiger partial charge is 1.00 e. The van der Waals surface area contributed by atoms with Gasteiger partial charge in [0.15, 0.2) is 16.6 Å². The second-order valence-corrected chi connectivity index (χ2v) is 12.7. The molecule has 2 unspecified atom stereocenters. The number of carboxylic acid groups (broad SMARTS) is 5. The number of pyridine rings is 1. The van der Waals surface area contributed by atoms with Gasteiger partial charge in [-0.1, -0.05) is 0 Å². The molecule has 300 valence electrons. The maximum Gasteiger partial charge on any atom is 1.00 e. The minimum Gasteiger partial charge on any atom is -0.862 e. The van der Waals surface area contributed by atoms with Crippen LogP contribution in [0.25, 0.3) is 10.9 Å². The maximum absolute atomic E-state index is 15.4. The average Bonchev–Trinajstić information content (AvgIpc) is 3.08. The van der Waals surface area contributed by atoms with Crippen molar-refractivity contribution < 1.29 is 227 Å². The van der Waals surface area contributed by atoms with E-state index in [1.165, 1.54) is 20.4 Å². The van der Waals surface area contributed by atoms with Gasteiger partial charge < -0.3 is 79.7 Å². The molecule has 3 rings (SSSR count). The Labute approximate surface area is 451 Å². The first-order valence-corrected chi connectivity index (χ1v) is 16.5. The molecule has 0 saturated carbocycles. The Hall–Kier alpha value is -1.16. The Morgan fingerprint density at radius 1 is 0.800 bits per heavy atom. The number of aliphatic hydroxyl groups is 2. The minimum atomic E-state index is -3.15. The molecule has 1 fully saturated rings. The summed E-state index contributed by atoms with van der Waals surface area (Å²) in [7, 11) is 0. The number of carbonyl (C=O) groups is 6. The van der Waals surface area contributed by atoms with Crippen LogP contribution < -0.4 is 184 Å². The number of carbonyl (C=O) groups excluding carboxylic acids is 4. The maximum atomic E-state index is 15.4. The first-order chi connectivity index (χ1) is 25.6. The van der Waals surface area contributed by atoms with E-state index in [2.05, 4.69) is 9.98 Å². The summed E-state index contributed by atoms with van der Waals surface area (Å²) < 4.78 is 16.8. The van der Waals surface area contributed by atoms with E-state index in [4.69, 9.17) is 5.11 Å². The molecular weight excluding hydrogens is 856 g/mol. The second kappa shape index (κ2) is 27.9. The Morgan fingerprint density at radius 3 is 1.75 bits per heavy atom. The number of fused-ring (bicyclic) bond motifs is 1. The standard InChI is InChI=1S/C33H40FN5O16.5Na/c1-2-37-16-18(29(48)49)27(46)17-10-19(34)22(11-21(17)37)38-6-8-39(9-7-38)28(47)20(36-24(41)13-33(55,31(52)53)15-26(44)45)4-3-5-35-23(40)12-32(54,30(50)51)14-25(42)43;;;;;/h10-11,16,20,54-55H,2-9,12-15H2,1H3,(H,35,40)(H,36,41)(H,42,43)(H,44,45)(H,48,49)(H,50,51)(H,52,53);;;;;/q;5*+1/p-5/t20-,32?,33?;;;;;/m1...../s1. The Kier molecular flexibility index (Phi) is 29.4. The number of carboxylic acids is 5. The van der Waals surface area contributed by atoms with Crippen molar-refractivity contribution in [3.63, 3.8) is 0 Å². The number of aryl methyl sites for hydroxylation is 1. The number of rotatable bonds is 19. The molecule has 1 aliphatic rings. The summed E-state index contributed by atoms with van der Waals surface area (Å²) in [5.41, 5.74) is -7.54. The monoisotopic (exact) mass is 891 g/mol. The smallest absolute Gasteiger partial charge is 0.862 e. The summed E-state index contributed by atoms with van der Waals surface area (Å²) in [5, 5.41) is 96.9. The predicted molar refractivity (Wildman–Crippen MR) is 173 cm³/mol. The molecule has 27 heteroatoms. The number of aromatic nitrogens is 1. The minimum absolute atomic E-state index is 0. The van der Waals surface area contributed by atoms with Gasteiger partial charge in [-0.2, -0.15) is 0 Å². The molecule has 4 N–H and O–H groups in total. The van der Waals surface area contributed by atoms with Gasteiger partial charge in [-0.25, -0.2) is 14.0 Å². The number of amides is 1. The number of aliphatic imine (C=N–C) groups is 2. The topological polar surface area (TPSA) is 352 Å². The van der Waals surface area contributed by atoms with Gasteiger partial charge in [0, 0.05) is 88.5 Å². The first kappa shape index (κ1) is 63.1. The van der Waals surface area contributed by atoms with E-state index in [0.29, 0.717) is 0 Å². The molecule has 0 spiro atoms. The van der Waals surface area contributed by atoms with Gasteiger partial charge in [0.1, 0.15) is 11.9 Å². The van der Waals surface area contributed by atoms with Gasteiger partial charge in [0.25, 0.3) is 0 Å². The predicted octanol–water partition coefficient (Wildman–Crippen LogP) is -21.4. The summed E-state index contributed by atoms with van der Waals surface area (Å²) in [5.74, 6) is -14.2. The second-order valence-electron chi connectivity index (χ2n) is 12.7. The number of halogens is 1. The van der Waals surface area contributed by atoms with Crippen LogP contribution in [-0.4, -0.2) is 127 Å². The van der Waals surface area contributed by atoms with Crippen LogP contribution in [-0.2, 0) is 30.5 Å². The number of benzene rings is 1. The van der Waals surface area contributed by atoms with Gasteiger partial charge in [-0.3, -0.25) is 14.6 Å². The van der Waals surface area contributed by atoms with Gasteiger partial charge in [0.2, 0.25) is 5.91 Å². The Balaban J connectivity index is -0.00000650. The van der Waals surface area contributed by atoms with Crippen LogP contribution in [0.1, 0.15) is 55.8 Å². The summed E-state index contributed by atoms with van der Waals surface area (Å²) >= 11 is 0. The van der Waals surface area contributed by atoms with Crippen molar-refractivity contribution in [3.8, 4) is 0 Å². The average molecular weight is 892 g/mol. The number of nitrogens with zero attached hydrogens (tertiary/aromatic N) is 5. The Bertz CT molecular complexity index is 2000. The van der Waals surface area contributed by atoms with E-state index < -0.39 is 114 Å². The van der Waals surface area contributed by atoms with Crippen molar-refractivity contribution >= 4 is 64.1 Å². The van der Waals surface area contributed by atoms with Crippen LogP contribution in [0.3, 0.4) is 0 Å². The molecule has 60 heavy (non-hydrogen) atoms. The van der Waals surface area contributed by atoms with Gasteiger partial charge in [0.05, 0.1) is 22.7 Å². The van der Waals surface area contributed by atoms with Crippen molar-refractivity contribution in [2.45, 2.75) is 69.2 Å². The van der Waals surface area contributed by atoms with Gasteiger partial charge in [-0.05, 0) is 43.7 Å². The van der Waals surface area contributed by atoms with Crippen LogP contribution in [0, 0.1) is 5.82 Å². The zero-order chi connectivity index (χ0) is 41.4. The van der Waals surface area contributed by atoms with Gasteiger partial charge in [-0.15, -0.1) is 0 Å². The fourth-order valence-corrected chi connectivity index (χ4v) is 5.84. The zero-order valence-electron chi connectivity index (χ0n) is 34.1. The summed E-state index contributed by atoms with van der Waals surface area (Å²) in [6.45, 7) is 1.15. The third kappa shape index (κ3) is 17.1. The number of hydrogen-bond donors (Lipinski definition) is 4. The van der Waals surface area contributed by atoms with E-state index in [1.807, 2.05) is 0 Å². The quantitative estimate of drug-likeness (QED) is 0.0440. The molecule has 0 bridgehead atoms. The van der Waals surface area contributed by atoms with Crippen molar-refractivity contribution in [2.24, 2.45) is 9.98 Å². The number of hydrogen-bond acceptors (Lipinski definition) is 17. The zero-order valence-corrected chi connectivity index (χ0v) is 44.1. The van der Waals surface area contributed by atoms with Crippen LogP contribution in [0.2, 0.25) is 0 Å². The molecule has 1 aromatic heterocycles. The van der Waals surface area contributed by atoms with E-state index in [9.17, 15) is 74.4 Å². The molecular formula is C33H35FN5Na5O16. The van der Waals surface area contributed by atoms with Crippen LogP contribution in [0.15, 0.2) is 33.1 Å². The molecule has 0 radical (unpaired) electrons. The SMILES string of the molecule is CCn1cc(C(=O)[O-])c(=O)c2cc(F)c(N3CCN(C(=O)[C@@H](CCCN=C([O-])CC(O)(CC(=O)[O-])C(=O)O)N=C([O-])CC(O)(CC(=O)[O-])C(=O)O)CC3)cc21.[Na+].[Na+].[Na+].[Na+].[Na+]. The van der Waals surface area contributed by atoms with Crippen molar-refractivity contribution in [3.05, 3.63) is 39.9 Å². The molecule has 2 heterocycles. The van der Waals surface area contributed by atoms with Crippen molar-refractivity contribution in [1.29, 1.82) is 0 Å². The van der Waals surface area contributed by atoms with Crippen molar-refractivity contribution in [1.82, 2.24) is 9.47 Å². The van der Waals surface area contributed by atoms with E-state index >= 15 is 4.39 Å². The Morgan fingerprint density at radius 2 is 1.30 bits per heavy atom. The molecule has 3 atom stereocenters. The van der Waals surface area contributed by atoms with Crippen LogP contribution in [0.4, 0.5) is 10.1 Å².